The molecule has 6 heteroatoms. The van der Waals surface area contributed by atoms with Gasteiger partial charge in [0.2, 0.25) is 5.91 Å². The Balaban J connectivity index is 1.70. The molecule has 0 unspecified atom stereocenters. The van der Waals surface area contributed by atoms with Gasteiger partial charge < -0.3 is 10.6 Å². The zero-order valence-electron chi connectivity index (χ0n) is 15.7. The summed E-state index contributed by atoms with van der Waals surface area (Å²) in [6.07, 6.45) is 3.91. The summed E-state index contributed by atoms with van der Waals surface area (Å²) in [6, 6.07) is 5.39. The summed E-state index contributed by atoms with van der Waals surface area (Å²) in [7, 11) is 0. The predicted octanol–water partition coefficient (Wildman–Crippen LogP) is 3.00. The summed E-state index contributed by atoms with van der Waals surface area (Å²) < 4.78 is 0. The summed E-state index contributed by atoms with van der Waals surface area (Å²) >= 11 is 0. The van der Waals surface area contributed by atoms with Crippen molar-refractivity contribution in [3.63, 3.8) is 0 Å². The molecule has 1 aromatic carbocycles. The molecule has 1 aromatic rings. The van der Waals surface area contributed by atoms with Gasteiger partial charge in [0.25, 0.3) is 5.91 Å². The van der Waals surface area contributed by atoms with Gasteiger partial charge in [-0.1, -0.05) is 32.0 Å². The molecule has 0 atom stereocenters. The molecule has 4 amide bonds. The third-order valence-corrected chi connectivity index (χ3v) is 5.68. The second-order valence-electron chi connectivity index (χ2n) is 7.60. The van der Waals surface area contributed by atoms with Crippen LogP contribution in [0.4, 0.5) is 10.5 Å². The maximum absolute atomic E-state index is 12.8. The van der Waals surface area contributed by atoms with E-state index in [2.05, 4.69) is 17.6 Å². The van der Waals surface area contributed by atoms with Crippen molar-refractivity contribution in [3.8, 4) is 0 Å². The first kappa shape index (κ1) is 18.4. The highest BCUT2D eigenvalue weighted by Gasteiger charge is 2.52. The fraction of sp³-hybridized carbons (Fsp3) is 0.550. The number of anilines is 1. The number of urea groups is 1. The van der Waals surface area contributed by atoms with Crippen LogP contribution in [0.2, 0.25) is 0 Å². The number of nitrogens with one attached hydrogen (secondary N) is 2. The molecule has 26 heavy (non-hydrogen) atoms. The highest BCUT2D eigenvalue weighted by atomic mass is 16.2. The van der Waals surface area contributed by atoms with Crippen LogP contribution < -0.4 is 10.6 Å². The predicted molar refractivity (Wildman–Crippen MR) is 99.8 cm³/mol. The van der Waals surface area contributed by atoms with Crippen LogP contribution in [0.15, 0.2) is 18.2 Å². The molecule has 1 saturated carbocycles. The van der Waals surface area contributed by atoms with Gasteiger partial charge in [0.15, 0.2) is 0 Å². The van der Waals surface area contributed by atoms with E-state index in [9.17, 15) is 14.4 Å². The number of para-hydroxylation sites is 1. The maximum atomic E-state index is 12.8. The van der Waals surface area contributed by atoms with Gasteiger partial charge in [0.1, 0.15) is 12.1 Å². The molecular formula is C20H27N3O3. The van der Waals surface area contributed by atoms with E-state index in [4.69, 9.17) is 0 Å². The van der Waals surface area contributed by atoms with Gasteiger partial charge in [-0.25, -0.2) is 4.79 Å². The number of rotatable bonds is 4. The Labute approximate surface area is 154 Å². The number of hydrogen-bond donors (Lipinski definition) is 2. The van der Waals surface area contributed by atoms with Crippen LogP contribution >= 0.6 is 0 Å². The minimum atomic E-state index is -0.804. The highest BCUT2D eigenvalue weighted by Crippen LogP contribution is 2.36. The van der Waals surface area contributed by atoms with Crippen LogP contribution in [0.5, 0.6) is 0 Å². The third-order valence-electron chi connectivity index (χ3n) is 5.68. The smallest absolute Gasteiger partial charge is 0.324 e. The van der Waals surface area contributed by atoms with Gasteiger partial charge in [0, 0.05) is 5.69 Å². The maximum Gasteiger partial charge on any atom is 0.325 e. The molecule has 140 valence electrons. The molecule has 1 spiro atoms. The standard InChI is InChI=1S/C20H27N3O3/c1-4-15-7-5-6-14(3)17(15)21-16(24)12-23-18(25)20(22-19(23)26)10-8-13(2)9-11-20/h5-7,13H,4,8-12H2,1-3H3,(H,21,24)(H,22,26). The van der Waals surface area contributed by atoms with Crippen molar-refractivity contribution in [1.82, 2.24) is 10.2 Å². The van der Waals surface area contributed by atoms with E-state index in [1.807, 2.05) is 32.0 Å². The first-order chi connectivity index (χ1) is 12.4. The summed E-state index contributed by atoms with van der Waals surface area (Å²) in [5, 5.41) is 5.73. The number of nitrogens with zero attached hydrogens (tertiary/aromatic N) is 1. The van der Waals surface area contributed by atoms with E-state index in [0.717, 1.165) is 41.0 Å². The number of carbonyl (C=O) groups excluding carboxylic acids is 3. The molecule has 0 bridgehead atoms. The molecule has 0 radical (unpaired) electrons. The Morgan fingerprint density at radius 2 is 2.00 bits per heavy atom. The van der Waals surface area contributed by atoms with Crippen molar-refractivity contribution in [1.29, 1.82) is 0 Å². The van der Waals surface area contributed by atoms with Gasteiger partial charge in [-0.15, -0.1) is 0 Å². The van der Waals surface area contributed by atoms with Crippen LogP contribution in [0.25, 0.3) is 0 Å². The number of imide groups is 1. The largest absolute Gasteiger partial charge is 0.325 e. The van der Waals surface area contributed by atoms with E-state index < -0.39 is 11.6 Å². The monoisotopic (exact) mass is 357 g/mol. The highest BCUT2D eigenvalue weighted by molar-refractivity contribution is 6.10. The zero-order chi connectivity index (χ0) is 18.9. The third kappa shape index (κ3) is 3.32. The van der Waals surface area contributed by atoms with Gasteiger partial charge in [-0.3, -0.25) is 14.5 Å². The average molecular weight is 357 g/mol. The SMILES string of the molecule is CCc1cccc(C)c1NC(=O)CN1C(=O)NC2(CCC(C)CC2)C1=O. The number of carbonyl (C=O) groups is 3. The first-order valence-electron chi connectivity index (χ1n) is 9.38. The fourth-order valence-corrected chi connectivity index (χ4v) is 3.94. The molecule has 3 rings (SSSR count). The molecule has 1 saturated heterocycles. The van der Waals surface area contributed by atoms with Gasteiger partial charge in [-0.05, 0) is 56.1 Å². The lowest BCUT2D eigenvalue weighted by atomic mass is 9.77. The van der Waals surface area contributed by atoms with Crippen LogP contribution in [-0.2, 0) is 16.0 Å². The Morgan fingerprint density at radius 3 is 2.65 bits per heavy atom. The number of aryl methyl sites for hydroxylation is 2. The van der Waals surface area contributed by atoms with Crippen molar-refractivity contribution >= 4 is 23.5 Å². The molecule has 1 aliphatic carbocycles. The summed E-state index contributed by atoms with van der Waals surface area (Å²) in [4.78, 5) is 38.8. The van der Waals surface area contributed by atoms with Gasteiger partial charge >= 0.3 is 6.03 Å². The Hall–Kier alpha value is -2.37. The number of amides is 4. The molecule has 1 aliphatic heterocycles. The van der Waals surface area contributed by atoms with E-state index in [0.29, 0.717) is 18.8 Å². The lowest BCUT2D eigenvalue weighted by Crippen LogP contribution is -2.49. The lowest BCUT2D eigenvalue weighted by Gasteiger charge is -2.33. The quantitative estimate of drug-likeness (QED) is 0.813. The Bertz CT molecular complexity index is 736. The van der Waals surface area contributed by atoms with Crippen molar-refractivity contribution in [3.05, 3.63) is 29.3 Å². The van der Waals surface area contributed by atoms with Crippen molar-refractivity contribution in [2.75, 3.05) is 11.9 Å². The average Bonchev–Trinajstić information content (AvgIpc) is 2.84. The Kier molecular flexibility index (Phi) is 5.03. The molecule has 2 fully saturated rings. The first-order valence-corrected chi connectivity index (χ1v) is 9.38. The van der Waals surface area contributed by atoms with Crippen LogP contribution in [0.1, 0.15) is 50.7 Å². The second kappa shape index (κ2) is 7.09. The molecule has 2 N–H and O–H groups in total. The topological polar surface area (TPSA) is 78.5 Å². The Morgan fingerprint density at radius 1 is 1.31 bits per heavy atom. The number of benzene rings is 1. The minimum absolute atomic E-state index is 0.251. The molecular weight excluding hydrogens is 330 g/mol. The van der Waals surface area contributed by atoms with Gasteiger partial charge in [0.05, 0.1) is 0 Å². The van der Waals surface area contributed by atoms with Crippen molar-refractivity contribution < 1.29 is 14.4 Å². The molecule has 6 nitrogen and oxygen atoms in total. The molecule has 2 aliphatic rings. The summed E-state index contributed by atoms with van der Waals surface area (Å²) in [5.74, 6) is -0.0417. The van der Waals surface area contributed by atoms with E-state index >= 15 is 0 Å². The van der Waals surface area contributed by atoms with Crippen LogP contribution in [0, 0.1) is 12.8 Å². The zero-order valence-corrected chi connectivity index (χ0v) is 15.7. The van der Waals surface area contributed by atoms with Crippen LogP contribution in [-0.4, -0.2) is 34.8 Å². The fourth-order valence-electron chi connectivity index (χ4n) is 3.94. The number of hydrogen-bond acceptors (Lipinski definition) is 3. The lowest BCUT2D eigenvalue weighted by molar-refractivity contribution is -0.135. The summed E-state index contributed by atoms with van der Waals surface area (Å²) in [5.41, 5.74) is 1.97. The second-order valence-corrected chi connectivity index (χ2v) is 7.60. The van der Waals surface area contributed by atoms with E-state index in [1.165, 1.54) is 0 Å². The van der Waals surface area contributed by atoms with Crippen molar-refractivity contribution in [2.24, 2.45) is 5.92 Å². The molecule has 0 aromatic heterocycles. The normalized spacial score (nSPS) is 25.5. The van der Waals surface area contributed by atoms with Gasteiger partial charge in [-0.2, -0.15) is 0 Å². The minimum Gasteiger partial charge on any atom is -0.324 e. The van der Waals surface area contributed by atoms with E-state index in [1.54, 1.807) is 0 Å². The van der Waals surface area contributed by atoms with E-state index in [-0.39, 0.29) is 18.4 Å². The summed E-state index contributed by atoms with van der Waals surface area (Å²) in [6.45, 7) is 5.86. The van der Waals surface area contributed by atoms with Crippen LogP contribution in [0.3, 0.4) is 0 Å². The van der Waals surface area contributed by atoms with Crippen molar-refractivity contribution in [2.45, 2.75) is 58.4 Å². The molecule has 1 heterocycles.